The van der Waals surface area contributed by atoms with Crippen LogP contribution in [0, 0.1) is 3.57 Å². The molecule has 0 heterocycles. The van der Waals surface area contributed by atoms with Crippen LogP contribution in [0.5, 0.6) is 0 Å². The van der Waals surface area contributed by atoms with Crippen LogP contribution < -0.4 is 5.32 Å². The number of benzene rings is 1. The fourth-order valence-electron chi connectivity index (χ4n) is 2.33. The third-order valence-electron chi connectivity index (χ3n) is 3.39. The number of hydrogen-bond donors (Lipinski definition) is 2. The van der Waals surface area contributed by atoms with E-state index in [1.54, 1.807) is 6.07 Å². The first-order chi connectivity index (χ1) is 8.94. The van der Waals surface area contributed by atoms with E-state index in [0.29, 0.717) is 18.4 Å². The summed E-state index contributed by atoms with van der Waals surface area (Å²) in [5, 5.41) is 12.1. The third kappa shape index (κ3) is 3.10. The smallest absolute Gasteiger partial charge is 0.329 e. The number of halogens is 2. The molecule has 2 N–H and O–H groups in total. The summed E-state index contributed by atoms with van der Waals surface area (Å²) in [6, 6.07) is 5.38. The van der Waals surface area contributed by atoms with Gasteiger partial charge in [-0.05, 0) is 53.6 Å². The van der Waals surface area contributed by atoms with Crippen molar-refractivity contribution in [2.24, 2.45) is 0 Å². The number of amides is 1. The molecule has 0 saturated heterocycles. The number of carboxylic acids is 1. The van der Waals surface area contributed by atoms with Gasteiger partial charge in [0.2, 0.25) is 0 Å². The third-order valence-corrected chi connectivity index (χ3v) is 4.83. The Kier molecular flexibility index (Phi) is 4.50. The number of rotatable bonds is 3. The molecule has 1 aliphatic carbocycles. The number of hydrogen-bond acceptors (Lipinski definition) is 2. The Morgan fingerprint density at radius 3 is 2.53 bits per heavy atom. The Hall–Kier alpha value is -0.630. The van der Waals surface area contributed by atoms with E-state index in [9.17, 15) is 14.7 Å². The first kappa shape index (κ1) is 14.8. The Morgan fingerprint density at radius 2 is 1.95 bits per heavy atom. The molecule has 2 rings (SSSR count). The van der Waals surface area contributed by atoms with Crippen molar-refractivity contribution >= 4 is 50.4 Å². The monoisotopic (exact) mass is 437 g/mol. The van der Waals surface area contributed by atoms with Gasteiger partial charge < -0.3 is 10.4 Å². The van der Waals surface area contributed by atoms with Crippen LogP contribution in [0.1, 0.15) is 36.0 Å². The van der Waals surface area contributed by atoms with E-state index in [-0.39, 0.29) is 5.91 Å². The first-order valence-electron chi connectivity index (χ1n) is 5.95. The molecule has 1 aromatic rings. The van der Waals surface area contributed by atoms with E-state index in [0.717, 1.165) is 20.9 Å². The molecule has 0 bridgehead atoms. The number of carboxylic acid groups (broad SMARTS) is 1. The van der Waals surface area contributed by atoms with Gasteiger partial charge in [-0.3, -0.25) is 4.79 Å². The molecule has 4 nitrogen and oxygen atoms in total. The van der Waals surface area contributed by atoms with E-state index >= 15 is 0 Å². The van der Waals surface area contributed by atoms with Gasteiger partial charge in [0.05, 0.1) is 5.56 Å². The molecule has 102 valence electrons. The summed E-state index contributed by atoms with van der Waals surface area (Å²) in [4.78, 5) is 23.7. The molecule has 6 heteroatoms. The topological polar surface area (TPSA) is 66.4 Å². The normalized spacial score (nSPS) is 17.2. The van der Waals surface area contributed by atoms with E-state index in [1.807, 2.05) is 12.1 Å². The van der Waals surface area contributed by atoms with Gasteiger partial charge in [0.15, 0.2) is 0 Å². The number of carbonyl (C=O) groups is 2. The molecular formula is C13H13BrINO3. The van der Waals surface area contributed by atoms with Crippen LogP contribution in [0.3, 0.4) is 0 Å². The number of aliphatic carboxylic acids is 1. The zero-order chi connectivity index (χ0) is 14.0. The fraction of sp³-hybridized carbons (Fsp3) is 0.385. The minimum Gasteiger partial charge on any atom is -0.480 e. The van der Waals surface area contributed by atoms with Crippen molar-refractivity contribution in [3.8, 4) is 0 Å². The summed E-state index contributed by atoms with van der Waals surface area (Å²) >= 11 is 5.39. The second kappa shape index (κ2) is 5.78. The van der Waals surface area contributed by atoms with Crippen LogP contribution >= 0.6 is 38.5 Å². The van der Waals surface area contributed by atoms with Gasteiger partial charge in [-0.25, -0.2) is 4.79 Å². The first-order valence-corrected chi connectivity index (χ1v) is 7.83. The zero-order valence-electron chi connectivity index (χ0n) is 10.1. The Balaban J connectivity index is 2.25. The maximum atomic E-state index is 12.3. The second-order valence-corrected chi connectivity index (χ2v) is 6.75. The molecule has 0 aliphatic heterocycles. The van der Waals surface area contributed by atoms with Gasteiger partial charge in [0.25, 0.3) is 5.91 Å². The van der Waals surface area contributed by atoms with Crippen molar-refractivity contribution in [1.82, 2.24) is 5.32 Å². The molecule has 1 saturated carbocycles. The average Bonchev–Trinajstić information content (AvgIpc) is 2.82. The van der Waals surface area contributed by atoms with Gasteiger partial charge in [0, 0.05) is 8.04 Å². The summed E-state index contributed by atoms with van der Waals surface area (Å²) in [5.41, 5.74) is -0.592. The largest absolute Gasteiger partial charge is 0.480 e. The van der Waals surface area contributed by atoms with Crippen LogP contribution in [0.2, 0.25) is 0 Å². The van der Waals surface area contributed by atoms with Crippen LogP contribution in [0.25, 0.3) is 0 Å². The number of nitrogens with one attached hydrogen (secondary N) is 1. The molecule has 1 aromatic carbocycles. The lowest BCUT2D eigenvalue weighted by molar-refractivity contribution is -0.144. The van der Waals surface area contributed by atoms with Gasteiger partial charge in [-0.2, -0.15) is 0 Å². The minimum absolute atomic E-state index is 0.324. The Labute approximate surface area is 133 Å². The average molecular weight is 438 g/mol. The van der Waals surface area contributed by atoms with Crippen molar-refractivity contribution in [3.63, 3.8) is 0 Å². The lowest BCUT2D eigenvalue weighted by Crippen LogP contribution is -2.52. The number of carbonyl (C=O) groups excluding carboxylic acids is 1. The molecule has 0 atom stereocenters. The SMILES string of the molecule is O=C(NC1(C(=O)O)CCCC1)c1cc(Br)ccc1I. The molecule has 0 aromatic heterocycles. The van der Waals surface area contributed by atoms with E-state index in [2.05, 4.69) is 43.8 Å². The van der Waals surface area contributed by atoms with Crippen molar-refractivity contribution in [2.45, 2.75) is 31.2 Å². The van der Waals surface area contributed by atoms with E-state index < -0.39 is 11.5 Å². The summed E-state index contributed by atoms with van der Waals surface area (Å²) < 4.78 is 1.60. The van der Waals surface area contributed by atoms with Gasteiger partial charge in [-0.15, -0.1) is 0 Å². The highest BCUT2D eigenvalue weighted by atomic mass is 127. The predicted octanol–water partition coefficient (Wildman–Crippen LogP) is 3.18. The van der Waals surface area contributed by atoms with E-state index in [1.165, 1.54) is 0 Å². The Bertz CT molecular complexity index is 527. The molecule has 0 spiro atoms. The Morgan fingerprint density at radius 1 is 1.32 bits per heavy atom. The lowest BCUT2D eigenvalue weighted by Gasteiger charge is -2.25. The van der Waals surface area contributed by atoms with Crippen LogP contribution in [-0.2, 0) is 4.79 Å². The fourth-order valence-corrected chi connectivity index (χ4v) is 3.27. The molecule has 1 aliphatic rings. The van der Waals surface area contributed by atoms with Crippen molar-refractivity contribution in [3.05, 3.63) is 31.8 Å². The summed E-state index contributed by atoms with van der Waals surface area (Å²) in [5.74, 6) is -1.27. The van der Waals surface area contributed by atoms with Gasteiger partial charge in [-0.1, -0.05) is 28.8 Å². The molecule has 0 radical (unpaired) electrons. The highest BCUT2D eigenvalue weighted by molar-refractivity contribution is 14.1. The standard InChI is InChI=1S/C13H13BrINO3/c14-8-3-4-10(15)9(7-8)11(17)16-13(12(18)19)5-1-2-6-13/h3-4,7H,1-2,5-6H2,(H,16,17)(H,18,19). The molecule has 0 unspecified atom stereocenters. The predicted molar refractivity (Wildman–Crippen MR) is 83.2 cm³/mol. The molecule has 1 amide bonds. The maximum absolute atomic E-state index is 12.3. The van der Waals surface area contributed by atoms with Crippen molar-refractivity contribution < 1.29 is 14.7 Å². The molecule has 19 heavy (non-hydrogen) atoms. The zero-order valence-corrected chi connectivity index (χ0v) is 13.8. The quantitative estimate of drug-likeness (QED) is 0.713. The highest BCUT2D eigenvalue weighted by Crippen LogP contribution is 2.30. The lowest BCUT2D eigenvalue weighted by atomic mass is 9.97. The molecular weight excluding hydrogens is 425 g/mol. The van der Waals surface area contributed by atoms with Crippen LogP contribution in [0.15, 0.2) is 22.7 Å². The van der Waals surface area contributed by atoms with Crippen LogP contribution in [-0.4, -0.2) is 22.5 Å². The maximum Gasteiger partial charge on any atom is 0.329 e. The van der Waals surface area contributed by atoms with Gasteiger partial charge in [0.1, 0.15) is 5.54 Å². The second-order valence-electron chi connectivity index (χ2n) is 4.67. The minimum atomic E-state index is -1.09. The van der Waals surface area contributed by atoms with Crippen molar-refractivity contribution in [1.29, 1.82) is 0 Å². The van der Waals surface area contributed by atoms with Crippen LogP contribution in [0.4, 0.5) is 0 Å². The molecule has 1 fully saturated rings. The highest BCUT2D eigenvalue weighted by Gasteiger charge is 2.42. The summed E-state index contributed by atoms with van der Waals surface area (Å²) in [7, 11) is 0. The van der Waals surface area contributed by atoms with E-state index in [4.69, 9.17) is 0 Å². The van der Waals surface area contributed by atoms with Gasteiger partial charge >= 0.3 is 5.97 Å². The van der Waals surface area contributed by atoms with Crippen molar-refractivity contribution in [2.75, 3.05) is 0 Å². The summed E-state index contributed by atoms with van der Waals surface area (Å²) in [6.45, 7) is 0. The summed E-state index contributed by atoms with van der Waals surface area (Å²) in [6.07, 6.45) is 2.67.